The Bertz CT molecular complexity index is 683. The average molecular weight is 290 g/mol. The molecular formula is C16H18O3S. The fourth-order valence-electron chi connectivity index (χ4n) is 1.81. The van der Waals surface area contributed by atoms with Gasteiger partial charge in [-0.2, -0.15) is 0 Å². The molecule has 106 valence electrons. The molecular weight excluding hydrogens is 272 g/mol. The summed E-state index contributed by atoms with van der Waals surface area (Å²) in [6.45, 7) is 5.66. The zero-order chi connectivity index (χ0) is 14.8. The molecule has 0 N–H and O–H groups in total. The SMILES string of the molecule is CC(C)(C)Oc1ccccc1S(=O)(=O)c1ccccc1. The van der Waals surface area contributed by atoms with E-state index in [-0.39, 0.29) is 9.79 Å². The third kappa shape index (κ3) is 3.20. The quantitative estimate of drug-likeness (QED) is 0.865. The van der Waals surface area contributed by atoms with Crippen molar-refractivity contribution in [1.82, 2.24) is 0 Å². The Hall–Kier alpha value is -1.81. The van der Waals surface area contributed by atoms with Gasteiger partial charge >= 0.3 is 0 Å². The van der Waals surface area contributed by atoms with Gasteiger partial charge in [0.1, 0.15) is 16.2 Å². The van der Waals surface area contributed by atoms with Crippen LogP contribution in [0.2, 0.25) is 0 Å². The van der Waals surface area contributed by atoms with Crippen molar-refractivity contribution in [3.05, 3.63) is 54.6 Å². The van der Waals surface area contributed by atoms with Gasteiger partial charge in [-0.3, -0.25) is 0 Å². The Labute approximate surface area is 120 Å². The van der Waals surface area contributed by atoms with E-state index in [1.165, 1.54) is 0 Å². The second kappa shape index (κ2) is 5.29. The number of benzene rings is 2. The predicted octanol–water partition coefficient (Wildman–Crippen LogP) is 3.70. The van der Waals surface area contributed by atoms with Gasteiger partial charge in [0.05, 0.1) is 4.90 Å². The summed E-state index contributed by atoms with van der Waals surface area (Å²) in [7, 11) is -3.57. The summed E-state index contributed by atoms with van der Waals surface area (Å²) >= 11 is 0. The summed E-state index contributed by atoms with van der Waals surface area (Å²) in [6.07, 6.45) is 0. The van der Waals surface area contributed by atoms with Gasteiger partial charge in [0.25, 0.3) is 0 Å². The van der Waals surface area contributed by atoms with Crippen molar-refractivity contribution in [3.8, 4) is 5.75 Å². The van der Waals surface area contributed by atoms with Crippen LogP contribution < -0.4 is 4.74 Å². The van der Waals surface area contributed by atoms with E-state index in [4.69, 9.17) is 4.74 Å². The molecule has 0 aliphatic rings. The average Bonchev–Trinajstić information content (AvgIpc) is 2.38. The van der Waals surface area contributed by atoms with E-state index in [1.54, 1.807) is 54.6 Å². The molecule has 4 heteroatoms. The van der Waals surface area contributed by atoms with Crippen LogP contribution in [-0.4, -0.2) is 14.0 Å². The number of ether oxygens (including phenoxy) is 1. The molecule has 20 heavy (non-hydrogen) atoms. The van der Waals surface area contributed by atoms with Crippen molar-refractivity contribution in [3.63, 3.8) is 0 Å². The maximum absolute atomic E-state index is 12.7. The highest BCUT2D eigenvalue weighted by Crippen LogP contribution is 2.31. The highest BCUT2D eigenvalue weighted by molar-refractivity contribution is 7.91. The summed E-state index contributed by atoms with van der Waals surface area (Å²) < 4.78 is 31.1. The topological polar surface area (TPSA) is 43.4 Å². The zero-order valence-electron chi connectivity index (χ0n) is 11.8. The summed E-state index contributed by atoms with van der Waals surface area (Å²) in [6, 6.07) is 15.1. The van der Waals surface area contributed by atoms with Gasteiger partial charge < -0.3 is 4.74 Å². The largest absolute Gasteiger partial charge is 0.487 e. The molecule has 2 aromatic rings. The molecule has 0 saturated heterocycles. The van der Waals surface area contributed by atoms with Crippen LogP contribution in [0.3, 0.4) is 0 Å². The summed E-state index contributed by atoms with van der Waals surface area (Å²) in [5.41, 5.74) is -0.456. The van der Waals surface area contributed by atoms with Crippen molar-refractivity contribution >= 4 is 9.84 Å². The lowest BCUT2D eigenvalue weighted by molar-refractivity contribution is 0.126. The van der Waals surface area contributed by atoms with Crippen LogP contribution in [0.4, 0.5) is 0 Å². The molecule has 0 unspecified atom stereocenters. The van der Waals surface area contributed by atoms with Crippen LogP contribution in [0.1, 0.15) is 20.8 Å². The molecule has 0 aliphatic carbocycles. The molecule has 0 atom stereocenters. The normalized spacial score (nSPS) is 12.2. The Kier molecular flexibility index (Phi) is 3.86. The van der Waals surface area contributed by atoms with Gasteiger partial charge in [0, 0.05) is 0 Å². The van der Waals surface area contributed by atoms with E-state index in [1.807, 2.05) is 20.8 Å². The number of hydrogen-bond acceptors (Lipinski definition) is 3. The van der Waals surface area contributed by atoms with Gasteiger partial charge in [-0.1, -0.05) is 30.3 Å². The van der Waals surface area contributed by atoms with E-state index in [0.717, 1.165) is 0 Å². The minimum absolute atomic E-state index is 0.195. The third-order valence-electron chi connectivity index (χ3n) is 2.61. The Morgan fingerprint density at radius 1 is 0.850 bits per heavy atom. The second-order valence-electron chi connectivity index (χ2n) is 5.48. The monoisotopic (exact) mass is 290 g/mol. The summed E-state index contributed by atoms with van der Waals surface area (Å²) in [5.74, 6) is 0.379. The fourth-order valence-corrected chi connectivity index (χ4v) is 3.21. The van der Waals surface area contributed by atoms with Crippen LogP contribution in [-0.2, 0) is 9.84 Å². The molecule has 0 saturated carbocycles. The van der Waals surface area contributed by atoms with Crippen molar-refractivity contribution in [2.45, 2.75) is 36.2 Å². The van der Waals surface area contributed by atoms with Crippen LogP contribution in [0, 0.1) is 0 Å². The first-order valence-electron chi connectivity index (χ1n) is 6.39. The van der Waals surface area contributed by atoms with E-state index in [2.05, 4.69) is 0 Å². The molecule has 0 heterocycles. The summed E-state index contributed by atoms with van der Waals surface area (Å²) in [4.78, 5) is 0.464. The van der Waals surface area contributed by atoms with E-state index >= 15 is 0 Å². The molecule has 2 aromatic carbocycles. The van der Waals surface area contributed by atoms with Crippen LogP contribution in [0.25, 0.3) is 0 Å². The molecule has 0 fully saturated rings. The number of rotatable bonds is 3. The highest BCUT2D eigenvalue weighted by atomic mass is 32.2. The van der Waals surface area contributed by atoms with Gasteiger partial charge in [-0.05, 0) is 45.0 Å². The second-order valence-corrected chi connectivity index (χ2v) is 7.40. The van der Waals surface area contributed by atoms with E-state index in [9.17, 15) is 8.42 Å². The van der Waals surface area contributed by atoms with Crippen molar-refractivity contribution in [2.75, 3.05) is 0 Å². The first kappa shape index (κ1) is 14.6. The summed E-state index contributed by atoms with van der Waals surface area (Å²) in [5, 5.41) is 0. The predicted molar refractivity (Wildman–Crippen MR) is 78.7 cm³/mol. The van der Waals surface area contributed by atoms with Crippen molar-refractivity contribution < 1.29 is 13.2 Å². The van der Waals surface area contributed by atoms with E-state index in [0.29, 0.717) is 5.75 Å². The smallest absolute Gasteiger partial charge is 0.210 e. The minimum Gasteiger partial charge on any atom is -0.487 e. The zero-order valence-corrected chi connectivity index (χ0v) is 12.6. The molecule has 3 nitrogen and oxygen atoms in total. The molecule has 0 spiro atoms. The van der Waals surface area contributed by atoms with E-state index < -0.39 is 15.4 Å². The molecule has 0 radical (unpaired) electrons. The molecule has 0 amide bonds. The first-order valence-corrected chi connectivity index (χ1v) is 7.87. The van der Waals surface area contributed by atoms with Gasteiger partial charge in [-0.25, -0.2) is 8.42 Å². The Morgan fingerprint density at radius 2 is 1.40 bits per heavy atom. The van der Waals surface area contributed by atoms with Crippen LogP contribution in [0.15, 0.2) is 64.4 Å². The molecule has 2 rings (SSSR count). The highest BCUT2D eigenvalue weighted by Gasteiger charge is 2.24. The van der Waals surface area contributed by atoms with Crippen molar-refractivity contribution in [2.24, 2.45) is 0 Å². The third-order valence-corrected chi connectivity index (χ3v) is 4.42. The molecule has 0 aromatic heterocycles. The standard InChI is InChI=1S/C16H18O3S/c1-16(2,3)19-14-11-7-8-12-15(14)20(17,18)13-9-5-4-6-10-13/h4-12H,1-3H3. The van der Waals surface area contributed by atoms with Crippen molar-refractivity contribution in [1.29, 1.82) is 0 Å². The van der Waals surface area contributed by atoms with Crippen LogP contribution >= 0.6 is 0 Å². The lowest BCUT2D eigenvalue weighted by Gasteiger charge is -2.23. The number of para-hydroxylation sites is 1. The Balaban J connectivity index is 2.53. The molecule has 0 bridgehead atoms. The first-order chi connectivity index (χ1) is 9.31. The lowest BCUT2D eigenvalue weighted by Crippen LogP contribution is -2.24. The minimum atomic E-state index is -3.57. The number of sulfone groups is 1. The van der Waals surface area contributed by atoms with Crippen LogP contribution in [0.5, 0.6) is 5.75 Å². The number of hydrogen-bond donors (Lipinski definition) is 0. The van der Waals surface area contributed by atoms with Gasteiger partial charge in [0.2, 0.25) is 9.84 Å². The maximum atomic E-state index is 12.7. The maximum Gasteiger partial charge on any atom is 0.210 e. The molecule has 0 aliphatic heterocycles. The van der Waals surface area contributed by atoms with Gasteiger partial charge in [0.15, 0.2) is 0 Å². The fraction of sp³-hybridized carbons (Fsp3) is 0.250. The van der Waals surface area contributed by atoms with Gasteiger partial charge in [-0.15, -0.1) is 0 Å². The Morgan fingerprint density at radius 3 is 2.00 bits per heavy atom. The lowest BCUT2D eigenvalue weighted by atomic mass is 10.2.